The van der Waals surface area contributed by atoms with Crippen molar-refractivity contribution in [3.8, 4) is 0 Å². The van der Waals surface area contributed by atoms with E-state index < -0.39 is 0 Å². The van der Waals surface area contributed by atoms with Gasteiger partial charge in [-0.05, 0) is 40.5 Å². The van der Waals surface area contributed by atoms with Gasteiger partial charge in [0.15, 0.2) is 0 Å². The molecule has 1 amide bonds. The van der Waals surface area contributed by atoms with Gasteiger partial charge in [0.2, 0.25) is 0 Å². The number of aryl methyl sites for hydroxylation is 1. The lowest BCUT2D eigenvalue weighted by Gasteiger charge is -2.05. The molecular weight excluding hydrogens is 318 g/mol. The Kier molecular flexibility index (Phi) is 3.28. The Hall–Kier alpha value is -2.14. The molecule has 0 radical (unpaired) electrons. The first kappa shape index (κ1) is 12.9. The van der Waals surface area contributed by atoms with Crippen molar-refractivity contribution in [2.45, 2.75) is 6.92 Å². The largest absolute Gasteiger partial charge is 0.360 e. The molecule has 0 unspecified atom stereocenters. The number of rotatable bonds is 2. The number of H-pyrrole nitrogens is 1. The molecule has 0 aliphatic rings. The molecule has 0 aliphatic heterocycles. The second-order valence-electron chi connectivity index (χ2n) is 4.52. The summed E-state index contributed by atoms with van der Waals surface area (Å²) in [6, 6.07) is 9.53. The van der Waals surface area contributed by atoms with Gasteiger partial charge in [-0.1, -0.05) is 18.2 Å². The van der Waals surface area contributed by atoms with E-state index >= 15 is 0 Å². The Labute approximate surface area is 124 Å². The minimum atomic E-state index is -0.170. The average molecular weight is 330 g/mol. The number of benzene rings is 1. The summed E-state index contributed by atoms with van der Waals surface area (Å²) in [5, 5.41) is 3.72. The molecule has 3 aromatic rings. The van der Waals surface area contributed by atoms with Crippen LogP contribution in [0, 0.1) is 6.92 Å². The summed E-state index contributed by atoms with van der Waals surface area (Å²) >= 11 is 3.39. The Morgan fingerprint density at radius 3 is 2.95 bits per heavy atom. The first-order chi connectivity index (χ1) is 9.65. The molecule has 0 spiro atoms. The molecule has 2 N–H and O–H groups in total. The van der Waals surface area contributed by atoms with E-state index in [1.807, 2.05) is 37.3 Å². The predicted octanol–water partition coefficient (Wildman–Crippen LogP) is 3.89. The van der Waals surface area contributed by atoms with Crippen LogP contribution >= 0.6 is 15.9 Å². The number of halogens is 1. The van der Waals surface area contributed by atoms with Gasteiger partial charge < -0.3 is 10.3 Å². The molecule has 100 valence electrons. The number of hydrogen-bond acceptors (Lipinski definition) is 2. The van der Waals surface area contributed by atoms with E-state index in [1.165, 1.54) is 0 Å². The van der Waals surface area contributed by atoms with Crippen molar-refractivity contribution in [2.24, 2.45) is 0 Å². The van der Waals surface area contributed by atoms with Crippen molar-refractivity contribution >= 4 is 38.6 Å². The van der Waals surface area contributed by atoms with Gasteiger partial charge in [0.25, 0.3) is 5.91 Å². The van der Waals surface area contributed by atoms with Crippen LogP contribution in [0.3, 0.4) is 0 Å². The highest BCUT2D eigenvalue weighted by atomic mass is 79.9. The van der Waals surface area contributed by atoms with Crippen LogP contribution in [0.4, 0.5) is 5.82 Å². The van der Waals surface area contributed by atoms with Gasteiger partial charge in [-0.3, -0.25) is 4.79 Å². The molecule has 20 heavy (non-hydrogen) atoms. The van der Waals surface area contributed by atoms with Crippen LogP contribution < -0.4 is 5.32 Å². The minimum Gasteiger partial charge on any atom is -0.360 e. The maximum atomic E-state index is 12.3. The minimum absolute atomic E-state index is 0.170. The Balaban J connectivity index is 1.91. The molecule has 0 fully saturated rings. The zero-order valence-electron chi connectivity index (χ0n) is 10.8. The number of hydrogen-bond donors (Lipinski definition) is 2. The molecule has 4 nitrogen and oxygen atoms in total. The number of nitrogens with zero attached hydrogens (tertiary/aromatic N) is 1. The maximum absolute atomic E-state index is 12.3. The highest BCUT2D eigenvalue weighted by Gasteiger charge is 2.12. The summed E-state index contributed by atoms with van der Waals surface area (Å²) in [5.41, 5.74) is 2.58. The third kappa shape index (κ3) is 2.32. The van der Waals surface area contributed by atoms with E-state index in [0.717, 1.165) is 20.9 Å². The van der Waals surface area contributed by atoms with Gasteiger partial charge in [0.05, 0.1) is 5.56 Å². The molecule has 0 saturated heterocycles. The molecule has 0 atom stereocenters. The molecule has 2 heterocycles. The maximum Gasteiger partial charge on any atom is 0.258 e. The lowest BCUT2D eigenvalue weighted by Crippen LogP contribution is -2.12. The first-order valence-corrected chi connectivity index (χ1v) is 6.94. The van der Waals surface area contributed by atoms with Crippen molar-refractivity contribution in [1.82, 2.24) is 9.97 Å². The summed E-state index contributed by atoms with van der Waals surface area (Å²) in [6.07, 6.45) is 3.39. The second kappa shape index (κ2) is 5.09. The van der Waals surface area contributed by atoms with Crippen LogP contribution in [0.25, 0.3) is 10.9 Å². The zero-order chi connectivity index (χ0) is 14.1. The van der Waals surface area contributed by atoms with Gasteiger partial charge in [-0.25, -0.2) is 4.98 Å². The first-order valence-electron chi connectivity index (χ1n) is 6.15. The Morgan fingerprint density at radius 2 is 2.15 bits per heavy atom. The molecule has 0 saturated carbocycles. The summed E-state index contributed by atoms with van der Waals surface area (Å²) in [7, 11) is 0. The highest BCUT2D eigenvalue weighted by Crippen LogP contribution is 2.20. The Morgan fingerprint density at radius 1 is 1.35 bits per heavy atom. The quantitative estimate of drug-likeness (QED) is 0.749. The van der Waals surface area contributed by atoms with Gasteiger partial charge in [0, 0.05) is 27.8 Å². The third-order valence-corrected chi connectivity index (χ3v) is 3.95. The number of carbonyl (C=O) groups is 1. The number of nitrogens with one attached hydrogen (secondary N) is 2. The van der Waals surface area contributed by atoms with Gasteiger partial charge in [-0.2, -0.15) is 0 Å². The van der Waals surface area contributed by atoms with E-state index in [2.05, 4.69) is 31.2 Å². The SMILES string of the molecule is Cc1cc(NC(=O)c2c[nH]c3ccccc23)ncc1Br. The van der Waals surface area contributed by atoms with Crippen molar-refractivity contribution in [3.05, 3.63) is 58.3 Å². The van der Waals surface area contributed by atoms with Crippen molar-refractivity contribution in [1.29, 1.82) is 0 Å². The number of amides is 1. The normalized spacial score (nSPS) is 10.7. The molecule has 5 heteroatoms. The smallest absolute Gasteiger partial charge is 0.258 e. The topological polar surface area (TPSA) is 57.8 Å². The molecule has 3 rings (SSSR count). The fourth-order valence-electron chi connectivity index (χ4n) is 2.05. The van der Waals surface area contributed by atoms with Crippen LogP contribution in [0.5, 0.6) is 0 Å². The van der Waals surface area contributed by atoms with Crippen molar-refractivity contribution in [2.75, 3.05) is 5.32 Å². The lowest BCUT2D eigenvalue weighted by atomic mass is 10.1. The fourth-order valence-corrected chi connectivity index (χ4v) is 2.27. The fraction of sp³-hybridized carbons (Fsp3) is 0.0667. The van der Waals surface area contributed by atoms with Crippen LogP contribution in [-0.2, 0) is 0 Å². The van der Waals surface area contributed by atoms with Gasteiger partial charge in [-0.15, -0.1) is 0 Å². The number of pyridine rings is 1. The van der Waals surface area contributed by atoms with E-state index in [-0.39, 0.29) is 5.91 Å². The number of aromatic nitrogens is 2. The average Bonchev–Trinajstić information content (AvgIpc) is 2.87. The molecule has 1 aromatic carbocycles. The Bertz CT molecular complexity index is 795. The zero-order valence-corrected chi connectivity index (χ0v) is 12.4. The number of anilines is 1. The number of carbonyl (C=O) groups excluding carboxylic acids is 1. The predicted molar refractivity (Wildman–Crippen MR) is 82.9 cm³/mol. The van der Waals surface area contributed by atoms with Crippen LogP contribution in [0.1, 0.15) is 15.9 Å². The molecule has 0 aliphatic carbocycles. The third-order valence-electron chi connectivity index (χ3n) is 3.12. The van der Waals surface area contributed by atoms with E-state index in [9.17, 15) is 4.79 Å². The van der Waals surface area contributed by atoms with Crippen LogP contribution in [0.15, 0.2) is 47.2 Å². The number of aromatic amines is 1. The highest BCUT2D eigenvalue weighted by molar-refractivity contribution is 9.10. The van der Waals surface area contributed by atoms with E-state index in [4.69, 9.17) is 0 Å². The van der Waals surface area contributed by atoms with Crippen molar-refractivity contribution < 1.29 is 4.79 Å². The number of fused-ring (bicyclic) bond motifs is 1. The molecular formula is C15H12BrN3O. The van der Waals surface area contributed by atoms with Crippen molar-refractivity contribution in [3.63, 3.8) is 0 Å². The van der Waals surface area contributed by atoms with Crippen LogP contribution in [0.2, 0.25) is 0 Å². The summed E-state index contributed by atoms with van der Waals surface area (Å²) < 4.78 is 0.919. The summed E-state index contributed by atoms with van der Waals surface area (Å²) in [5.74, 6) is 0.373. The second-order valence-corrected chi connectivity index (χ2v) is 5.38. The van der Waals surface area contributed by atoms with Gasteiger partial charge >= 0.3 is 0 Å². The standard InChI is InChI=1S/C15H12BrN3O/c1-9-6-14(18-8-12(9)16)19-15(20)11-7-17-13-5-3-2-4-10(11)13/h2-8,17H,1H3,(H,18,19,20). The molecule has 2 aromatic heterocycles. The van der Waals surface area contributed by atoms with E-state index in [0.29, 0.717) is 11.4 Å². The van der Waals surface area contributed by atoms with Gasteiger partial charge in [0.1, 0.15) is 5.82 Å². The van der Waals surface area contributed by atoms with Crippen LogP contribution in [-0.4, -0.2) is 15.9 Å². The molecule has 0 bridgehead atoms. The monoisotopic (exact) mass is 329 g/mol. The summed E-state index contributed by atoms with van der Waals surface area (Å²) in [4.78, 5) is 19.6. The number of para-hydroxylation sites is 1. The summed E-state index contributed by atoms with van der Waals surface area (Å²) in [6.45, 7) is 1.95. The lowest BCUT2D eigenvalue weighted by molar-refractivity contribution is 0.102. The van der Waals surface area contributed by atoms with E-state index in [1.54, 1.807) is 12.4 Å².